The molecule has 1 aromatic carbocycles. The van der Waals surface area contributed by atoms with E-state index in [0.29, 0.717) is 37.7 Å². The van der Waals surface area contributed by atoms with Crippen LogP contribution in [-0.2, 0) is 11.2 Å². The fourth-order valence-corrected chi connectivity index (χ4v) is 2.75. The Hall–Kier alpha value is -1.95. The van der Waals surface area contributed by atoms with E-state index in [0.717, 1.165) is 12.0 Å². The summed E-state index contributed by atoms with van der Waals surface area (Å²) in [4.78, 5) is 27.6. The van der Waals surface area contributed by atoms with E-state index in [-0.39, 0.29) is 12.1 Å². The molecular formula is C18H26ClN3O3. The largest absolute Gasteiger partial charge is 0.444 e. The molecule has 1 aliphatic rings. The van der Waals surface area contributed by atoms with Crippen LogP contribution in [0.1, 0.15) is 26.3 Å². The fraction of sp³-hybridized carbons (Fsp3) is 0.556. The molecule has 0 bridgehead atoms. The molecule has 0 aliphatic carbocycles. The van der Waals surface area contributed by atoms with E-state index in [1.54, 1.807) is 9.80 Å². The van der Waals surface area contributed by atoms with Gasteiger partial charge in [-0.05, 0) is 44.9 Å². The molecule has 0 spiro atoms. The summed E-state index contributed by atoms with van der Waals surface area (Å²) in [7, 11) is 0. The maximum atomic E-state index is 12.2. The quantitative estimate of drug-likeness (QED) is 0.892. The minimum absolute atomic E-state index is 0.106. The zero-order valence-electron chi connectivity index (χ0n) is 15.0. The third-order valence-corrected chi connectivity index (χ3v) is 4.03. The van der Waals surface area contributed by atoms with E-state index < -0.39 is 5.60 Å². The number of hydrogen-bond acceptors (Lipinski definition) is 3. The number of urea groups is 1. The smallest absolute Gasteiger partial charge is 0.410 e. The Bertz CT molecular complexity index is 608. The first-order valence-electron chi connectivity index (χ1n) is 8.50. The SMILES string of the molecule is CC(C)(C)OC(=O)N1CCN(C(=O)NCCc2cccc(Cl)c2)CC1. The molecule has 1 N–H and O–H groups in total. The van der Waals surface area contributed by atoms with Crippen molar-refractivity contribution >= 4 is 23.7 Å². The fourth-order valence-electron chi connectivity index (χ4n) is 2.54. The molecule has 1 saturated heterocycles. The van der Waals surface area contributed by atoms with E-state index in [1.807, 2.05) is 45.0 Å². The molecule has 1 fully saturated rings. The summed E-state index contributed by atoms with van der Waals surface area (Å²) in [5.41, 5.74) is 0.578. The summed E-state index contributed by atoms with van der Waals surface area (Å²) >= 11 is 5.95. The highest BCUT2D eigenvalue weighted by molar-refractivity contribution is 6.30. The lowest BCUT2D eigenvalue weighted by Crippen LogP contribution is -2.54. The van der Waals surface area contributed by atoms with Gasteiger partial charge in [-0.3, -0.25) is 0 Å². The van der Waals surface area contributed by atoms with Crippen LogP contribution in [0.15, 0.2) is 24.3 Å². The van der Waals surface area contributed by atoms with Crippen molar-refractivity contribution in [1.29, 1.82) is 0 Å². The third-order valence-electron chi connectivity index (χ3n) is 3.80. The van der Waals surface area contributed by atoms with Gasteiger partial charge in [0, 0.05) is 37.7 Å². The van der Waals surface area contributed by atoms with Crippen LogP contribution in [0.3, 0.4) is 0 Å². The lowest BCUT2D eigenvalue weighted by molar-refractivity contribution is 0.0170. The number of carbonyl (C=O) groups excluding carboxylic acids is 2. The van der Waals surface area contributed by atoms with Crippen molar-refractivity contribution in [3.8, 4) is 0 Å². The standard InChI is InChI=1S/C18H26ClN3O3/c1-18(2,3)25-17(24)22-11-9-21(10-12-22)16(23)20-8-7-14-5-4-6-15(19)13-14/h4-6,13H,7-12H2,1-3H3,(H,20,23). The van der Waals surface area contributed by atoms with Gasteiger partial charge in [-0.2, -0.15) is 0 Å². The van der Waals surface area contributed by atoms with Crippen molar-refractivity contribution < 1.29 is 14.3 Å². The van der Waals surface area contributed by atoms with Gasteiger partial charge in [0.1, 0.15) is 5.60 Å². The van der Waals surface area contributed by atoms with Gasteiger partial charge >= 0.3 is 12.1 Å². The summed E-state index contributed by atoms with van der Waals surface area (Å²) in [5.74, 6) is 0. The summed E-state index contributed by atoms with van der Waals surface area (Å²) in [5, 5.41) is 3.61. The Morgan fingerprint density at radius 1 is 1.16 bits per heavy atom. The van der Waals surface area contributed by atoms with Gasteiger partial charge in [-0.25, -0.2) is 9.59 Å². The second-order valence-corrected chi connectivity index (χ2v) is 7.50. The highest BCUT2D eigenvalue weighted by atomic mass is 35.5. The highest BCUT2D eigenvalue weighted by Crippen LogP contribution is 2.12. The molecule has 6 nitrogen and oxygen atoms in total. The maximum Gasteiger partial charge on any atom is 0.410 e. The van der Waals surface area contributed by atoms with Crippen molar-refractivity contribution in [2.75, 3.05) is 32.7 Å². The predicted molar refractivity (Wildman–Crippen MR) is 97.9 cm³/mol. The molecule has 1 heterocycles. The average Bonchev–Trinajstić information content (AvgIpc) is 2.53. The number of carbonyl (C=O) groups is 2. The van der Waals surface area contributed by atoms with Crippen LogP contribution in [0.5, 0.6) is 0 Å². The van der Waals surface area contributed by atoms with Gasteiger partial charge in [0.25, 0.3) is 0 Å². The lowest BCUT2D eigenvalue weighted by Gasteiger charge is -2.35. The Morgan fingerprint density at radius 3 is 2.40 bits per heavy atom. The molecule has 0 unspecified atom stereocenters. The molecule has 0 aromatic heterocycles. The van der Waals surface area contributed by atoms with Crippen LogP contribution in [0, 0.1) is 0 Å². The van der Waals surface area contributed by atoms with E-state index in [2.05, 4.69) is 5.32 Å². The van der Waals surface area contributed by atoms with Crippen molar-refractivity contribution in [3.63, 3.8) is 0 Å². The number of ether oxygens (including phenoxy) is 1. The number of nitrogens with one attached hydrogen (secondary N) is 1. The molecule has 0 saturated carbocycles. The van der Waals surface area contributed by atoms with Crippen molar-refractivity contribution in [2.45, 2.75) is 32.8 Å². The highest BCUT2D eigenvalue weighted by Gasteiger charge is 2.27. The molecule has 138 valence electrons. The summed E-state index contributed by atoms with van der Waals surface area (Å²) < 4.78 is 5.35. The zero-order chi connectivity index (χ0) is 18.4. The number of amides is 3. The monoisotopic (exact) mass is 367 g/mol. The number of rotatable bonds is 3. The molecule has 1 aromatic rings. The van der Waals surface area contributed by atoms with Crippen molar-refractivity contribution in [3.05, 3.63) is 34.9 Å². The maximum absolute atomic E-state index is 12.2. The minimum Gasteiger partial charge on any atom is -0.444 e. The zero-order valence-corrected chi connectivity index (χ0v) is 15.8. The molecule has 0 atom stereocenters. The Labute approximate surface area is 154 Å². The van der Waals surface area contributed by atoms with Crippen LogP contribution < -0.4 is 5.32 Å². The molecule has 2 rings (SSSR count). The number of halogens is 1. The van der Waals surface area contributed by atoms with Crippen LogP contribution in [0.2, 0.25) is 5.02 Å². The topological polar surface area (TPSA) is 61.9 Å². The van der Waals surface area contributed by atoms with Crippen molar-refractivity contribution in [1.82, 2.24) is 15.1 Å². The molecule has 7 heteroatoms. The minimum atomic E-state index is -0.508. The second-order valence-electron chi connectivity index (χ2n) is 7.07. The average molecular weight is 368 g/mol. The number of nitrogens with zero attached hydrogens (tertiary/aromatic N) is 2. The van der Waals surface area contributed by atoms with Crippen molar-refractivity contribution in [2.24, 2.45) is 0 Å². The normalized spacial score (nSPS) is 15.0. The molecule has 3 amide bonds. The first-order valence-corrected chi connectivity index (χ1v) is 8.87. The molecule has 25 heavy (non-hydrogen) atoms. The number of benzene rings is 1. The van der Waals surface area contributed by atoms with Gasteiger partial charge in [-0.15, -0.1) is 0 Å². The predicted octanol–water partition coefficient (Wildman–Crippen LogP) is 3.14. The molecule has 1 aliphatic heterocycles. The summed E-state index contributed by atoms with van der Waals surface area (Å²) in [6.07, 6.45) is 0.401. The van der Waals surface area contributed by atoms with Crippen LogP contribution in [0.25, 0.3) is 0 Å². The van der Waals surface area contributed by atoms with Crippen LogP contribution in [-0.4, -0.2) is 60.2 Å². The number of piperazine rings is 1. The Morgan fingerprint density at radius 2 is 1.80 bits per heavy atom. The second kappa shape index (κ2) is 8.43. The van der Waals surface area contributed by atoms with E-state index in [9.17, 15) is 9.59 Å². The first-order chi connectivity index (χ1) is 11.7. The van der Waals surface area contributed by atoms with Crippen LogP contribution >= 0.6 is 11.6 Å². The Balaban J connectivity index is 1.71. The van der Waals surface area contributed by atoms with Gasteiger partial charge in [0.2, 0.25) is 0 Å². The molecular weight excluding hydrogens is 342 g/mol. The first kappa shape index (κ1) is 19.4. The van der Waals surface area contributed by atoms with Gasteiger partial charge in [0.05, 0.1) is 0 Å². The number of hydrogen-bond donors (Lipinski definition) is 1. The summed E-state index contributed by atoms with van der Waals surface area (Å²) in [6, 6.07) is 7.50. The molecule has 0 radical (unpaired) electrons. The van der Waals surface area contributed by atoms with E-state index in [4.69, 9.17) is 16.3 Å². The van der Waals surface area contributed by atoms with Gasteiger partial charge < -0.3 is 19.9 Å². The lowest BCUT2D eigenvalue weighted by atomic mass is 10.1. The summed E-state index contributed by atoms with van der Waals surface area (Å²) in [6.45, 7) is 8.04. The third kappa shape index (κ3) is 6.46. The van der Waals surface area contributed by atoms with E-state index >= 15 is 0 Å². The van der Waals surface area contributed by atoms with Crippen LogP contribution in [0.4, 0.5) is 9.59 Å². The Kier molecular flexibility index (Phi) is 6.53. The van der Waals surface area contributed by atoms with Gasteiger partial charge in [0.15, 0.2) is 0 Å². The van der Waals surface area contributed by atoms with E-state index in [1.165, 1.54) is 0 Å². The van der Waals surface area contributed by atoms with Gasteiger partial charge in [-0.1, -0.05) is 23.7 Å².